The molecular weight excluding hydrogens is 265 g/mol. The van der Waals surface area contributed by atoms with Crippen molar-refractivity contribution in [2.24, 2.45) is 4.99 Å². The van der Waals surface area contributed by atoms with Crippen LogP contribution in [0.15, 0.2) is 17.1 Å². The third kappa shape index (κ3) is 2.80. The van der Waals surface area contributed by atoms with Gasteiger partial charge in [-0.2, -0.15) is 18.2 Å². The van der Waals surface area contributed by atoms with Gasteiger partial charge in [0.25, 0.3) is 5.69 Å². The molecule has 0 bridgehead atoms. The topological polar surface area (TPSA) is 72.6 Å². The number of halogens is 4. The molecule has 0 radical (unpaired) electrons. The van der Waals surface area contributed by atoms with Crippen molar-refractivity contribution in [3.05, 3.63) is 32.8 Å². The molecule has 90 valence electrons. The molecule has 1 aromatic carbocycles. The maximum atomic E-state index is 12.4. The van der Waals surface area contributed by atoms with Gasteiger partial charge in [-0.25, -0.2) is 4.79 Å². The smallest absolute Gasteiger partial charge is 0.258 e. The minimum Gasteiger partial charge on any atom is -0.258 e. The molecule has 0 aliphatic carbocycles. The summed E-state index contributed by atoms with van der Waals surface area (Å²) in [6.07, 6.45) is -3.85. The number of aliphatic imine (C=N–C) groups is 1. The first-order valence-electron chi connectivity index (χ1n) is 3.90. The molecular formula is C8H2ClF3N2O3. The maximum Gasteiger partial charge on any atom is 0.417 e. The van der Waals surface area contributed by atoms with E-state index in [9.17, 15) is 28.1 Å². The van der Waals surface area contributed by atoms with E-state index in [0.29, 0.717) is 12.1 Å². The number of nitro groups is 1. The first-order chi connectivity index (χ1) is 7.77. The van der Waals surface area contributed by atoms with E-state index in [1.807, 2.05) is 0 Å². The molecule has 0 saturated carbocycles. The lowest BCUT2D eigenvalue weighted by atomic mass is 10.1. The minimum atomic E-state index is -4.79. The monoisotopic (exact) mass is 266 g/mol. The van der Waals surface area contributed by atoms with Crippen molar-refractivity contribution in [1.82, 2.24) is 0 Å². The van der Waals surface area contributed by atoms with Crippen LogP contribution in [0.2, 0.25) is 5.02 Å². The van der Waals surface area contributed by atoms with Crippen LogP contribution in [0, 0.1) is 10.1 Å². The van der Waals surface area contributed by atoms with Crippen LogP contribution in [0.4, 0.5) is 24.5 Å². The molecule has 17 heavy (non-hydrogen) atoms. The molecule has 0 fully saturated rings. The van der Waals surface area contributed by atoms with E-state index in [-0.39, 0.29) is 0 Å². The Morgan fingerprint density at radius 2 is 2.00 bits per heavy atom. The van der Waals surface area contributed by atoms with E-state index in [1.54, 1.807) is 0 Å². The molecule has 5 nitrogen and oxygen atoms in total. The van der Waals surface area contributed by atoms with Gasteiger partial charge < -0.3 is 0 Å². The summed E-state index contributed by atoms with van der Waals surface area (Å²) in [5.74, 6) is 0. The van der Waals surface area contributed by atoms with Crippen molar-refractivity contribution < 1.29 is 22.9 Å². The molecule has 1 rings (SSSR count). The Hall–Kier alpha value is -1.92. The zero-order chi connectivity index (χ0) is 13.2. The molecule has 0 aliphatic rings. The number of rotatable bonds is 2. The second-order valence-corrected chi connectivity index (χ2v) is 3.19. The fraction of sp³-hybridized carbons (Fsp3) is 0.125. The first-order valence-corrected chi connectivity index (χ1v) is 4.28. The summed E-state index contributed by atoms with van der Waals surface area (Å²) >= 11 is 5.27. The summed E-state index contributed by atoms with van der Waals surface area (Å²) in [5.41, 5.74) is -2.85. The van der Waals surface area contributed by atoms with E-state index in [2.05, 4.69) is 4.99 Å². The van der Waals surface area contributed by atoms with Gasteiger partial charge in [0.05, 0.1) is 15.5 Å². The average molecular weight is 267 g/mol. The fourth-order valence-electron chi connectivity index (χ4n) is 1.05. The van der Waals surface area contributed by atoms with Crippen molar-refractivity contribution in [2.45, 2.75) is 6.18 Å². The molecule has 9 heteroatoms. The van der Waals surface area contributed by atoms with E-state index in [4.69, 9.17) is 11.6 Å². The number of hydrogen-bond donors (Lipinski definition) is 0. The highest BCUT2D eigenvalue weighted by Crippen LogP contribution is 2.40. The molecule has 0 atom stereocenters. The Labute approximate surface area is 96.7 Å². The number of isocyanates is 1. The Balaban J connectivity index is 3.56. The summed E-state index contributed by atoms with van der Waals surface area (Å²) in [5, 5.41) is 9.65. The highest BCUT2D eigenvalue weighted by atomic mass is 35.5. The summed E-state index contributed by atoms with van der Waals surface area (Å²) in [6, 6.07) is 0.811. The Bertz CT molecular complexity index is 523. The van der Waals surface area contributed by atoms with Crippen molar-refractivity contribution in [1.29, 1.82) is 0 Å². The second-order valence-electron chi connectivity index (χ2n) is 2.78. The summed E-state index contributed by atoms with van der Waals surface area (Å²) in [7, 11) is 0. The number of alkyl halides is 3. The van der Waals surface area contributed by atoms with Gasteiger partial charge >= 0.3 is 6.18 Å². The Kier molecular flexibility index (Phi) is 3.50. The van der Waals surface area contributed by atoms with Crippen LogP contribution >= 0.6 is 11.6 Å². The predicted molar refractivity (Wildman–Crippen MR) is 50.9 cm³/mol. The number of nitrogens with zero attached hydrogens (tertiary/aromatic N) is 2. The third-order valence-corrected chi connectivity index (χ3v) is 2.05. The van der Waals surface area contributed by atoms with Gasteiger partial charge in [0.1, 0.15) is 0 Å². The fourth-order valence-corrected chi connectivity index (χ4v) is 1.32. The zero-order valence-electron chi connectivity index (χ0n) is 7.79. The zero-order valence-corrected chi connectivity index (χ0v) is 8.54. The lowest BCUT2D eigenvalue weighted by Gasteiger charge is -2.09. The quantitative estimate of drug-likeness (QED) is 0.357. The van der Waals surface area contributed by atoms with Crippen molar-refractivity contribution in [3.8, 4) is 0 Å². The van der Waals surface area contributed by atoms with Crippen molar-refractivity contribution >= 4 is 29.1 Å². The molecule has 0 aromatic heterocycles. The summed E-state index contributed by atoms with van der Waals surface area (Å²) < 4.78 is 37.2. The molecule has 0 saturated heterocycles. The highest BCUT2D eigenvalue weighted by Gasteiger charge is 2.35. The van der Waals surface area contributed by atoms with E-state index in [1.165, 1.54) is 0 Å². The predicted octanol–water partition coefficient (Wildman–Crippen LogP) is 3.23. The molecule has 0 aliphatic heterocycles. The third-order valence-electron chi connectivity index (χ3n) is 1.73. The molecule has 1 aromatic rings. The van der Waals surface area contributed by atoms with Crippen LogP contribution in [0.5, 0.6) is 0 Å². The van der Waals surface area contributed by atoms with Crippen LogP contribution < -0.4 is 0 Å². The highest BCUT2D eigenvalue weighted by molar-refractivity contribution is 6.31. The normalized spacial score (nSPS) is 10.8. The lowest BCUT2D eigenvalue weighted by Crippen LogP contribution is -2.06. The van der Waals surface area contributed by atoms with Gasteiger partial charge in [-0.1, -0.05) is 11.6 Å². The van der Waals surface area contributed by atoms with E-state index < -0.39 is 33.1 Å². The Morgan fingerprint density at radius 3 is 2.41 bits per heavy atom. The van der Waals surface area contributed by atoms with Crippen LogP contribution in [0.1, 0.15) is 5.56 Å². The van der Waals surface area contributed by atoms with Crippen LogP contribution in [-0.2, 0) is 11.0 Å². The van der Waals surface area contributed by atoms with Gasteiger partial charge in [-0.3, -0.25) is 10.1 Å². The van der Waals surface area contributed by atoms with E-state index in [0.717, 1.165) is 6.08 Å². The summed E-state index contributed by atoms with van der Waals surface area (Å²) in [4.78, 5) is 22.3. The summed E-state index contributed by atoms with van der Waals surface area (Å²) in [6.45, 7) is 0. The second kappa shape index (κ2) is 4.52. The molecule has 0 spiro atoms. The van der Waals surface area contributed by atoms with Gasteiger partial charge in [0, 0.05) is 6.07 Å². The van der Waals surface area contributed by atoms with Gasteiger partial charge in [0.15, 0.2) is 5.69 Å². The molecule has 0 amide bonds. The minimum absolute atomic E-state index is 0.325. The number of hydrogen-bond acceptors (Lipinski definition) is 4. The number of nitro benzene ring substituents is 1. The lowest BCUT2D eigenvalue weighted by molar-refractivity contribution is -0.384. The standard InChI is InChI=1S/C8H2ClF3N2O3/c9-5-2-7(14(16)17)6(13-3-15)1-4(5)8(10,11)12/h1-2H. The van der Waals surface area contributed by atoms with Crippen LogP contribution in [0.25, 0.3) is 0 Å². The number of carbonyl (C=O) groups excluding carboxylic acids is 1. The Morgan fingerprint density at radius 1 is 1.41 bits per heavy atom. The maximum absolute atomic E-state index is 12.4. The largest absolute Gasteiger partial charge is 0.417 e. The van der Waals surface area contributed by atoms with Crippen LogP contribution in [-0.4, -0.2) is 11.0 Å². The van der Waals surface area contributed by atoms with E-state index >= 15 is 0 Å². The van der Waals surface area contributed by atoms with Gasteiger partial charge in [0.2, 0.25) is 6.08 Å². The number of benzene rings is 1. The van der Waals surface area contributed by atoms with Crippen LogP contribution in [0.3, 0.4) is 0 Å². The van der Waals surface area contributed by atoms with Gasteiger partial charge in [-0.15, -0.1) is 0 Å². The van der Waals surface area contributed by atoms with Gasteiger partial charge in [-0.05, 0) is 6.07 Å². The first kappa shape index (κ1) is 13.1. The molecule has 0 heterocycles. The van der Waals surface area contributed by atoms with Crippen molar-refractivity contribution in [3.63, 3.8) is 0 Å². The van der Waals surface area contributed by atoms with Crippen molar-refractivity contribution in [2.75, 3.05) is 0 Å². The SMILES string of the molecule is O=C=Nc1cc(C(F)(F)F)c(Cl)cc1[N+](=O)[O-]. The molecule has 0 unspecified atom stereocenters. The molecule has 0 N–H and O–H groups in total. The average Bonchev–Trinajstić information content (AvgIpc) is 2.18.